The average Bonchev–Trinajstić information content (AvgIpc) is 2.47. The third kappa shape index (κ3) is 3.93. The van der Waals surface area contributed by atoms with Crippen molar-refractivity contribution in [2.45, 2.75) is 43.8 Å². The first-order valence-electron chi connectivity index (χ1n) is 7.33. The maximum absolute atomic E-state index is 12.7. The molecule has 0 spiro atoms. The number of piperidine rings is 1. The smallest absolute Gasteiger partial charge is 0.243 e. The van der Waals surface area contributed by atoms with E-state index in [0.717, 1.165) is 0 Å². The Balaban J connectivity index is 2.10. The van der Waals surface area contributed by atoms with E-state index < -0.39 is 10.0 Å². The van der Waals surface area contributed by atoms with Gasteiger partial charge in [-0.3, -0.25) is 0 Å². The molecule has 1 aliphatic rings. The van der Waals surface area contributed by atoms with Crippen molar-refractivity contribution in [2.75, 3.05) is 20.2 Å². The second kappa shape index (κ2) is 7.17. The van der Waals surface area contributed by atoms with E-state index in [1.165, 1.54) is 23.5 Å². The van der Waals surface area contributed by atoms with Gasteiger partial charge in [0.05, 0.1) is 29.2 Å². The predicted molar refractivity (Wildman–Crippen MR) is 86.0 cm³/mol. The number of benzene rings is 1. The van der Waals surface area contributed by atoms with Crippen LogP contribution in [-0.4, -0.2) is 45.1 Å². The van der Waals surface area contributed by atoms with Crippen molar-refractivity contribution < 1.29 is 17.9 Å². The van der Waals surface area contributed by atoms with E-state index in [9.17, 15) is 8.42 Å². The van der Waals surface area contributed by atoms with E-state index in [1.807, 2.05) is 13.8 Å². The van der Waals surface area contributed by atoms with Crippen LogP contribution in [-0.2, 0) is 14.8 Å². The van der Waals surface area contributed by atoms with Crippen LogP contribution in [0, 0.1) is 0 Å². The number of hydrogen-bond donors (Lipinski definition) is 0. The maximum atomic E-state index is 12.7. The second-order valence-electron chi connectivity index (χ2n) is 5.58. The van der Waals surface area contributed by atoms with Gasteiger partial charge in [0.15, 0.2) is 0 Å². The van der Waals surface area contributed by atoms with Crippen molar-refractivity contribution >= 4 is 21.6 Å². The molecule has 0 N–H and O–H groups in total. The SMILES string of the molecule is COc1ccc(S(=O)(=O)N2CCC(OC(C)C)CC2)cc1Cl. The largest absolute Gasteiger partial charge is 0.495 e. The molecule has 1 aromatic rings. The fourth-order valence-electron chi connectivity index (χ4n) is 2.55. The highest BCUT2D eigenvalue weighted by atomic mass is 35.5. The van der Waals surface area contributed by atoms with Gasteiger partial charge in [0.25, 0.3) is 0 Å². The van der Waals surface area contributed by atoms with Crippen molar-refractivity contribution in [3.8, 4) is 5.75 Å². The molecule has 22 heavy (non-hydrogen) atoms. The van der Waals surface area contributed by atoms with Crippen LogP contribution in [0.5, 0.6) is 5.75 Å². The summed E-state index contributed by atoms with van der Waals surface area (Å²) in [5.74, 6) is 0.463. The van der Waals surface area contributed by atoms with Crippen LogP contribution in [0.4, 0.5) is 0 Å². The van der Waals surface area contributed by atoms with Crippen molar-refractivity contribution in [2.24, 2.45) is 0 Å². The first kappa shape index (κ1) is 17.5. The van der Waals surface area contributed by atoms with Gasteiger partial charge in [-0.15, -0.1) is 0 Å². The number of methoxy groups -OCH3 is 1. The molecule has 124 valence electrons. The number of halogens is 1. The van der Waals surface area contributed by atoms with Crippen molar-refractivity contribution in [1.29, 1.82) is 0 Å². The molecule has 7 heteroatoms. The van der Waals surface area contributed by atoms with Gasteiger partial charge in [-0.2, -0.15) is 4.31 Å². The first-order chi connectivity index (χ1) is 10.3. The highest BCUT2D eigenvalue weighted by molar-refractivity contribution is 7.89. The van der Waals surface area contributed by atoms with Gasteiger partial charge in [0, 0.05) is 13.1 Å². The van der Waals surface area contributed by atoms with Gasteiger partial charge in [0.2, 0.25) is 10.0 Å². The Kier molecular flexibility index (Phi) is 5.71. The number of sulfonamides is 1. The molecule has 0 radical (unpaired) electrons. The van der Waals surface area contributed by atoms with Crippen LogP contribution in [0.3, 0.4) is 0 Å². The molecule has 0 saturated carbocycles. The molecule has 1 saturated heterocycles. The van der Waals surface area contributed by atoms with Crippen LogP contribution < -0.4 is 4.74 Å². The fourth-order valence-corrected chi connectivity index (χ4v) is 4.37. The molecule has 0 unspecified atom stereocenters. The van der Waals surface area contributed by atoms with Crippen LogP contribution in [0.2, 0.25) is 5.02 Å². The maximum Gasteiger partial charge on any atom is 0.243 e. The van der Waals surface area contributed by atoms with Gasteiger partial charge in [-0.1, -0.05) is 11.6 Å². The molecular weight excluding hydrogens is 326 g/mol. The number of rotatable bonds is 5. The van der Waals surface area contributed by atoms with Gasteiger partial charge >= 0.3 is 0 Å². The van der Waals surface area contributed by atoms with Gasteiger partial charge in [-0.25, -0.2) is 8.42 Å². The molecule has 0 aromatic heterocycles. The quantitative estimate of drug-likeness (QED) is 0.821. The Bertz CT molecular complexity index is 610. The molecule has 2 rings (SSSR count). The summed E-state index contributed by atoms with van der Waals surface area (Å²) in [6, 6.07) is 4.53. The standard InChI is InChI=1S/C15H22ClNO4S/c1-11(2)21-12-6-8-17(9-7-12)22(18,19)13-4-5-15(20-3)14(16)10-13/h4-5,10-12H,6-9H2,1-3H3. The Morgan fingerprint density at radius 1 is 1.27 bits per heavy atom. The molecular formula is C15H22ClNO4S. The number of nitrogens with zero attached hydrogens (tertiary/aromatic N) is 1. The highest BCUT2D eigenvalue weighted by Crippen LogP contribution is 2.29. The lowest BCUT2D eigenvalue weighted by molar-refractivity contribution is -0.0168. The Morgan fingerprint density at radius 2 is 1.91 bits per heavy atom. The molecule has 0 aliphatic carbocycles. The lowest BCUT2D eigenvalue weighted by atomic mass is 10.1. The van der Waals surface area contributed by atoms with E-state index in [-0.39, 0.29) is 17.1 Å². The van der Waals surface area contributed by atoms with E-state index in [0.29, 0.717) is 36.7 Å². The molecule has 0 atom stereocenters. The average molecular weight is 348 g/mol. The lowest BCUT2D eigenvalue weighted by Crippen LogP contribution is -2.41. The summed E-state index contributed by atoms with van der Waals surface area (Å²) in [7, 11) is -2.03. The highest BCUT2D eigenvalue weighted by Gasteiger charge is 2.30. The van der Waals surface area contributed by atoms with E-state index in [4.69, 9.17) is 21.1 Å². The third-order valence-electron chi connectivity index (χ3n) is 3.63. The summed E-state index contributed by atoms with van der Waals surface area (Å²) in [4.78, 5) is 0.196. The lowest BCUT2D eigenvalue weighted by Gasteiger charge is -2.32. The van der Waals surface area contributed by atoms with E-state index >= 15 is 0 Å². The van der Waals surface area contributed by atoms with Crippen LogP contribution in [0.1, 0.15) is 26.7 Å². The van der Waals surface area contributed by atoms with Crippen LogP contribution in [0.15, 0.2) is 23.1 Å². The fraction of sp³-hybridized carbons (Fsp3) is 0.600. The van der Waals surface area contributed by atoms with Crippen molar-refractivity contribution in [1.82, 2.24) is 4.31 Å². The van der Waals surface area contributed by atoms with Gasteiger partial charge < -0.3 is 9.47 Å². The molecule has 1 aromatic carbocycles. The molecule has 1 aliphatic heterocycles. The minimum atomic E-state index is -3.52. The summed E-state index contributed by atoms with van der Waals surface area (Å²) in [5.41, 5.74) is 0. The monoisotopic (exact) mass is 347 g/mol. The minimum Gasteiger partial charge on any atom is -0.495 e. The Morgan fingerprint density at radius 3 is 2.41 bits per heavy atom. The topological polar surface area (TPSA) is 55.8 Å². The minimum absolute atomic E-state index is 0.130. The van der Waals surface area contributed by atoms with E-state index in [1.54, 1.807) is 6.07 Å². The van der Waals surface area contributed by atoms with Crippen LogP contribution in [0.25, 0.3) is 0 Å². The summed E-state index contributed by atoms with van der Waals surface area (Å²) >= 11 is 6.03. The van der Waals surface area contributed by atoms with Crippen LogP contribution >= 0.6 is 11.6 Å². The molecule has 0 amide bonds. The van der Waals surface area contributed by atoms with Gasteiger partial charge in [-0.05, 0) is 44.9 Å². The van der Waals surface area contributed by atoms with Gasteiger partial charge in [0.1, 0.15) is 5.75 Å². The zero-order valence-electron chi connectivity index (χ0n) is 13.1. The predicted octanol–water partition coefficient (Wildman–Crippen LogP) is 2.93. The molecule has 1 heterocycles. The summed E-state index contributed by atoms with van der Waals surface area (Å²) in [5, 5.41) is 0.293. The summed E-state index contributed by atoms with van der Waals surface area (Å²) in [6.07, 6.45) is 1.71. The number of hydrogen-bond acceptors (Lipinski definition) is 4. The summed E-state index contributed by atoms with van der Waals surface area (Å²) < 4.78 is 37.6. The van der Waals surface area contributed by atoms with E-state index in [2.05, 4.69) is 0 Å². The third-order valence-corrected chi connectivity index (χ3v) is 5.82. The first-order valence-corrected chi connectivity index (χ1v) is 9.15. The molecule has 0 bridgehead atoms. The Hall–Kier alpha value is -0.820. The Labute approximate surface area is 137 Å². The zero-order valence-corrected chi connectivity index (χ0v) is 14.7. The molecule has 1 fully saturated rings. The zero-order chi connectivity index (χ0) is 16.3. The normalized spacial score (nSPS) is 17.9. The molecule has 5 nitrogen and oxygen atoms in total. The second-order valence-corrected chi connectivity index (χ2v) is 7.93. The van der Waals surface area contributed by atoms with Crippen molar-refractivity contribution in [3.05, 3.63) is 23.2 Å². The number of ether oxygens (including phenoxy) is 2. The van der Waals surface area contributed by atoms with Crippen molar-refractivity contribution in [3.63, 3.8) is 0 Å². The summed E-state index contributed by atoms with van der Waals surface area (Å²) in [6.45, 7) is 4.90.